The van der Waals surface area contributed by atoms with E-state index < -0.39 is 0 Å². The second kappa shape index (κ2) is 14.9. The molecule has 2 aromatic rings. The summed E-state index contributed by atoms with van der Waals surface area (Å²) >= 11 is 5.47. The van der Waals surface area contributed by atoms with Gasteiger partial charge in [0.15, 0.2) is 5.82 Å². The second-order valence-corrected chi connectivity index (χ2v) is 13.8. The van der Waals surface area contributed by atoms with Crippen LogP contribution in [0, 0.1) is 11.3 Å². The van der Waals surface area contributed by atoms with Gasteiger partial charge in [0.2, 0.25) is 0 Å². The van der Waals surface area contributed by atoms with Gasteiger partial charge in [-0.1, -0.05) is 65.7 Å². The lowest BCUT2D eigenvalue weighted by molar-refractivity contribution is 0.186. The van der Waals surface area contributed by atoms with Crippen LogP contribution < -0.4 is 5.32 Å². The molecule has 206 valence electrons. The number of hydrogen-bond donors (Lipinski definition) is 2. The zero-order chi connectivity index (χ0) is 27.6. The summed E-state index contributed by atoms with van der Waals surface area (Å²) in [6.45, 7) is 17.1. The Morgan fingerprint density at radius 1 is 1.19 bits per heavy atom. The van der Waals surface area contributed by atoms with Crippen LogP contribution in [0.4, 0.5) is 11.5 Å². The van der Waals surface area contributed by atoms with Gasteiger partial charge in [0.05, 0.1) is 0 Å². The number of ether oxygens (including phenoxy) is 1. The number of anilines is 2. The van der Waals surface area contributed by atoms with Crippen LogP contribution in [0.15, 0.2) is 47.9 Å². The normalized spacial score (nSPS) is 19.3. The molecule has 1 aromatic heterocycles. The van der Waals surface area contributed by atoms with E-state index in [1.165, 1.54) is 16.8 Å². The lowest BCUT2D eigenvalue weighted by Gasteiger charge is -2.26. The summed E-state index contributed by atoms with van der Waals surface area (Å²) in [4.78, 5) is 0. The molecule has 0 bridgehead atoms. The summed E-state index contributed by atoms with van der Waals surface area (Å²) in [7, 11) is -0.0343. The van der Waals surface area contributed by atoms with Crippen molar-refractivity contribution in [1.82, 2.24) is 10.2 Å². The van der Waals surface area contributed by atoms with Crippen molar-refractivity contribution in [1.29, 1.82) is 0 Å². The Morgan fingerprint density at radius 2 is 1.92 bits per heavy atom. The summed E-state index contributed by atoms with van der Waals surface area (Å²) in [6, 6.07) is 8.77. The summed E-state index contributed by atoms with van der Waals surface area (Å²) < 4.78 is 6.49. The largest absolute Gasteiger partial charge is 0.466 e. The van der Waals surface area contributed by atoms with Gasteiger partial charge in [0.25, 0.3) is 0 Å². The molecule has 1 aliphatic carbocycles. The van der Waals surface area contributed by atoms with Crippen molar-refractivity contribution in [3.63, 3.8) is 0 Å². The molecule has 3 atom stereocenters. The van der Waals surface area contributed by atoms with E-state index in [2.05, 4.69) is 99.7 Å². The molecule has 0 saturated heterocycles. The Labute approximate surface area is 233 Å². The zero-order valence-corrected chi connectivity index (χ0v) is 26.2. The van der Waals surface area contributed by atoms with Gasteiger partial charge in [0, 0.05) is 40.5 Å². The highest BCUT2D eigenvalue weighted by Gasteiger charge is 2.32. The lowest BCUT2D eigenvalue weighted by Crippen LogP contribution is -2.15. The van der Waals surface area contributed by atoms with E-state index in [0.717, 1.165) is 60.9 Å². The van der Waals surface area contributed by atoms with Crippen LogP contribution in [0.2, 0.25) is 0 Å². The molecule has 0 amide bonds. The average Bonchev–Trinajstić information content (AvgIpc) is 3.52. The maximum Gasteiger partial charge on any atom is 0.152 e. The summed E-state index contributed by atoms with van der Waals surface area (Å²) in [5.74, 6) is 4.92. The topological polar surface area (TPSA) is 49.9 Å². The monoisotopic (exact) mass is 543 g/mol. The molecular weight excluding hydrogens is 494 g/mol. The van der Waals surface area contributed by atoms with Crippen LogP contribution in [-0.2, 0) is 37.6 Å². The molecule has 3 rings (SSSR count). The molecule has 2 N–H and O–H groups in total. The standard InChI is InChI=1S/C29H43N3OS2.C2H6/c1-8-11-26(33-27(10-3)29(4,5)6)22-13-12-21(16-22)25-18-28(32-31-25)30-24-15-14-20(9-2)23(17-24)19-35(7)34;1-2/h10-11,14-15,17-18,21-22H,8-9,12-13,16,19H2,1-7H3,(H2,30,31,32);1-2H3/b26-11+,27-10-;. The predicted molar refractivity (Wildman–Crippen MR) is 166 cm³/mol. The Bertz CT molecular complexity index is 1080. The van der Waals surface area contributed by atoms with Crippen LogP contribution in [0.25, 0.3) is 0 Å². The molecule has 0 radical (unpaired) electrons. The Balaban J connectivity index is 0.00000235. The minimum absolute atomic E-state index is 0.00250. The van der Waals surface area contributed by atoms with Crippen LogP contribution >= 0.6 is 0 Å². The van der Waals surface area contributed by atoms with Crippen LogP contribution in [0.5, 0.6) is 0 Å². The summed E-state index contributed by atoms with van der Waals surface area (Å²) in [5, 5.41) is 11.4. The van der Waals surface area contributed by atoms with Crippen LogP contribution in [0.1, 0.15) is 104 Å². The number of hydrogen-bond acceptors (Lipinski definition) is 4. The van der Waals surface area contributed by atoms with Gasteiger partial charge in [-0.25, -0.2) is 0 Å². The maximum atomic E-state index is 6.49. The smallest absolute Gasteiger partial charge is 0.152 e. The van der Waals surface area contributed by atoms with Gasteiger partial charge in [-0.05, 0) is 80.7 Å². The molecule has 0 aliphatic heterocycles. The van der Waals surface area contributed by atoms with Gasteiger partial charge in [-0.3, -0.25) is 5.10 Å². The van der Waals surface area contributed by atoms with E-state index in [4.69, 9.17) is 15.9 Å². The fourth-order valence-corrected chi connectivity index (χ4v) is 6.03. The molecule has 1 aliphatic rings. The number of aromatic nitrogens is 2. The van der Waals surface area contributed by atoms with Crippen LogP contribution in [-0.4, -0.2) is 16.5 Å². The van der Waals surface area contributed by atoms with Gasteiger partial charge in [-0.2, -0.15) is 5.10 Å². The van der Waals surface area contributed by atoms with Gasteiger partial charge < -0.3 is 10.1 Å². The first-order chi connectivity index (χ1) is 17.6. The first-order valence-electron chi connectivity index (χ1n) is 13.9. The van der Waals surface area contributed by atoms with E-state index in [9.17, 15) is 0 Å². The second-order valence-electron chi connectivity index (χ2n) is 10.6. The third-order valence-corrected chi connectivity index (χ3v) is 7.80. The number of aromatic amines is 1. The van der Waals surface area contributed by atoms with Crippen molar-refractivity contribution in [2.24, 2.45) is 11.3 Å². The molecule has 37 heavy (non-hydrogen) atoms. The van der Waals surface area contributed by atoms with Crippen molar-refractivity contribution in [3.05, 3.63) is 64.8 Å². The highest BCUT2D eigenvalue weighted by molar-refractivity contribution is 8.28. The third kappa shape index (κ3) is 9.10. The Morgan fingerprint density at radius 3 is 2.51 bits per heavy atom. The van der Waals surface area contributed by atoms with E-state index in [1.807, 2.05) is 13.8 Å². The van der Waals surface area contributed by atoms with E-state index in [-0.39, 0.29) is 14.9 Å². The fraction of sp³-hybridized carbons (Fsp3) is 0.581. The first kappa shape index (κ1) is 31.3. The molecule has 1 fully saturated rings. The predicted octanol–water partition coefficient (Wildman–Crippen LogP) is 9.10. The lowest BCUT2D eigenvalue weighted by atomic mass is 9.93. The minimum Gasteiger partial charge on any atom is -0.466 e. The van der Waals surface area contributed by atoms with Crippen molar-refractivity contribution in [2.45, 2.75) is 99.2 Å². The number of nitrogens with one attached hydrogen (secondary N) is 2. The quantitative estimate of drug-likeness (QED) is 0.293. The SMILES string of the molecule is C/C=C(\O/C(=C/CC)C1CCC(c2cc(Nc3ccc(CC)c(CS(C)=S)c3)n[nH]2)C1)C(C)(C)C.CC. The molecular formula is C31H49N3OS2. The fourth-order valence-electron chi connectivity index (χ4n) is 4.95. The van der Waals surface area contributed by atoms with Crippen molar-refractivity contribution >= 4 is 32.1 Å². The molecule has 3 unspecified atom stereocenters. The number of H-pyrrole nitrogens is 1. The van der Waals surface area contributed by atoms with E-state index in [0.29, 0.717) is 11.8 Å². The van der Waals surface area contributed by atoms with Crippen molar-refractivity contribution in [2.75, 3.05) is 11.6 Å². The summed E-state index contributed by atoms with van der Waals surface area (Å²) in [5.41, 5.74) is 5.01. The number of nitrogens with zero attached hydrogens (tertiary/aromatic N) is 1. The molecule has 1 saturated carbocycles. The van der Waals surface area contributed by atoms with Crippen molar-refractivity contribution in [3.8, 4) is 0 Å². The van der Waals surface area contributed by atoms with Crippen molar-refractivity contribution < 1.29 is 4.74 Å². The molecule has 1 heterocycles. The molecule has 6 heteroatoms. The number of allylic oxidation sites excluding steroid dienone is 4. The first-order valence-corrected chi connectivity index (χ1v) is 16.7. The Kier molecular flexibility index (Phi) is 12.6. The third-order valence-electron chi connectivity index (χ3n) is 6.73. The molecule has 4 nitrogen and oxygen atoms in total. The number of benzene rings is 1. The van der Waals surface area contributed by atoms with Gasteiger partial charge in [0.1, 0.15) is 11.5 Å². The molecule has 1 aromatic carbocycles. The van der Waals surface area contributed by atoms with Crippen LogP contribution in [0.3, 0.4) is 0 Å². The highest BCUT2D eigenvalue weighted by atomic mass is 32.8. The van der Waals surface area contributed by atoms with Gasteiger partial charge >= 0.3 is 0 Å². The maximum absolute atomic E-state index is 6.49. The van der Waals surface area contributed by atoms with E-state index >= 15 is 0 Å². The zero-order valence-electron chi connectivity index (χ0n) is 24.5. The van der Waals surface area contributed by atoms with Gasteiger partial charge in [-0.15, -0.1) is 9.45 Å². The minimum atomic E-state index is -0.0343. The highest BCUT2D eigenvalue weighted by Crippen LogP contribution is 2.43. The average molecular weight is 544 g/mol. The number of rotatable bonds is 10. The Hall–Kier alpha value is -1.92. The summed E-state index contributed by atoms with van der Waals surface area (Å²) in [6.07, 6.45) is 11.9. The number of aryl methyl sites for hydroxylation is 1. The molecule has 0 spiro atoms. The van der Waals surface area contributed by atoms with E-state index in [1.54, 1.807) is 0 Å².